The van der Waals surface area contributed by atoms with Gasteiger partial charge in [-0.1, -0.05) is 17.7 Å². The molecule has 0 saturated carbocycles. The molecule has 2 aromatic carbocycles. The van der Waals surface area contributed by atoms with Gasteiger partial charge in [0.15, 0.2) is 5.82 Å². The highest BCUT2D eigenvalue weighted by Gasteiger charge is 2.53. The van der Waals surface area contributed by atoms with Crippen LogP contribution in [0.25, 0.3) is 32.1 Å². The molecule has 0 radical (unpaired) electrons. The molecule has 5 aromatic rings. The summed E-state index contributed by atoms with van der Waals surface area (Å²) in [7, 11) is 0. The van der Waals surface area contributed by atoms with Gasteiger partial charge in [-0.3, -0.25) is 4.90 Å². The number of aromatic nitrogens is 5. The fourth-order valence-corrected chi connectivity index (χ4v) is 9.87. The van der Waals surface area contributed by atoms with Crippen LogP contribution in [0.5, 0.6) is 6.01 Å². The highest BCUT2D eigenvalue weighted by molar-refractivity contribution is 7.23. The second kappa shape index (κ2) is 11.9. The Balaban J connectivity index is 1.15. The van der Waals surface area contributed by atoms with Gasteiger partial charge >= 0.3 is 18.1 Å². The number of carbonyl (C=O) groups excluding carboxylic acids is 1. The lowest BCUT2D eigenvalue weighted by Crippen LogP contribution is -2.64. The van der Waals surface area contributed by atoms with Crippen molar-refractivity contribution in [3.63, 3.8) is 0 Å². The third kappa shape index (κ3) is 4.91. The number of halogens is 5. The number of benzene rings is 2. The maximum atomic E-state index is 17.1. The Hall–Kier alpha value is -4.79. The fraction of sp³-hybridized carbons (Fsp3) is 0.412. The first-order valence-corrected chi connectivity index (χ1v) is 18.0. The predicted molar refractivity (Wildman–Crippen MR) is 185 cm³/mol. The van der Waals surface area contributed by atoms with Crippen molar-refractivity contribution in [2.45, 2.75) is 49.4 Å². The van der Waals surface area contributed by atoms with Crippen molar-refractivity contribution in [1.29, 1.82) is 5.26 Å². The topological polar surface area (TPSA) is 142 Å². The number of rotatable bonds is 5. The summed E-state index contributed by atoms with van der Waals surface area (Å²) in [5, 5.41) is 13.9. The number of carbonyl (C=O) groups is 1. The largest absolute Gasteiger partial charge is 0.461 e. The number of alkyl halides is 1. The van der Waals surface area contributed by atoms with Crippen LogP contribution in [0, 0.1) is 29.0 Å². The van der Waals surface area contributed by atoms with Gasteiger partial charge in [-0.2, -0.15) is 29.3 Å². The van der Waals surface area contributed by atoms with Gasteiger partial charge in [0, 0.05) is 48.9 Å². The summed E-state index contributed by atoms with van der Waals surface area (Å²) in [6.07, 6.45) is 2.16. The number of nitrogens with zero attached hydrogens (tertiary/aromatic N) is 9. The molecule has 0 bridgehead atoms. The Morgan fingerprint density at radius 1 is 1.17 bits per heavy atom. The predicted octanol–water partition coefficient (Wildman–Crippen LogP) is 5.91. The molecule has 4 saturated heterocycles. The van der Waals surface area contributed by atoms with Crippen molar-refractivity contribution in [2.75, 3.05) is 50.0 Å². The summed E-state index contributed by atoms with van der Waals surface area (Å²) in [6.45, 7) is 2.32. The molecule has 1 amide bonds. The monoisotopic (exact) mass is 752 g/mol. The number of nitriles is 1. The molecule has 268 valence electrons. The van der Waals surface area contributed by atoms with E-state index in [4.69, 9.17) is 27.1 Å². The van der Waals surface area contributed by atoms with E-state index < -0.39 is 41.0 Å². The van der Waals surface area contributed by atoms with Crippen molar-refractivity contribution in [2.24, 2.45) is 0 Å². The summed E-state index contributed by atoms with van der Waals surface area (Å²) in [5.41, 5.74) is 4.86. The van der Waals surface area contributed by atoms with Gasteiger partial charge in [-0.25, -0.2) is 18.0 Å². The van der Waals surface area contributed by atoms with Crippen LogP contribution >= 0.6 is 22.9 Å². The number of nitrogen functional groups attached to an aromatic ring is 1. The van der Waals surface area contributed by atoms with E-state index in [-0.39, 0.29) is 60.3 Å². The second-order valence-electron chi connectivity index (χ2n) is 13.9. The molecular formula is C34H29ClF4N10O2S. The first-order chi connectivity index (χ1) is 25.0. The molecule has 1 spiro atoms. The van der Waals surface area contributed by atoms with Crippen LogP contribution < -0.4 is 15.4 Å². The fourth-order valence-electron chi connectivity index (χ4n) is 8.63. The lowest BCUT2D eigenvalue weighted by molar-refractivity contribution is 0.0398. The molecular weight excluding hydrogens is 724 g/mol. The minimum Gasteiger partial charge on any atom is -0.461 e. The molecule has 0 aliphatic carbocycles. The number of hydrogen-bond donors (Lipinski definition) is 1. The van der Waals surface area contributed by atoms with Gasteiger partial charge in [0.1, 0.15) is 47.3 Å². The number of ether oxygens (including phenoxy) is 1. The van der Waals surface area contributed by atoms with E-state index in [2.05, 4.69) is 20.0 Å². The van der Waals surface area contributed by atoms with Crippen LogP contribution in [-0.4, -0.2) is 97.1 Å². The Morgan fingerprint density at radius 2 is 2.00 bits per heavy atom. The minimum atomic E-state index is -1.01. The molecule has 4 fully saturated rings. The summed E-state index contributed by atoms with van der Waals surface area (Å²) in [6, 6.07) is 5.42. The summed E-state index contributed by atoms with van der Waals surface area (Å²) >= 11 is 7.75. The Labute approximate surface area is 302 Å². The van der Waals surface area contributed by atoms with E-state index in [0.717, 1.165) is 41.7 Å². The highest BCUT2D eigenvalue weighted by Crippen LogP contribution is 2.48. The van der Waals surface area contributed by atoms with Crippen molar-refractivity contribution < 1.29 is 27.1 Å². The van der Waals surface area contributed by atoms with Crippen molar-refractivity contribution in [3.05, 3.63) is 52.8 Å². The second-order valence-corrected chi connectivity index (χ2v) is 15.4. The van der Waals surface area contributed by atoms with E-state index in [1.807, 2.05) is 11.0 Å². The zero-order valence-corrected chi connectivity index (χ0v) is 29.0. The van der Waals surface area contributed by atoms with E-state index in [1.165, 1.54) is 18.2 Å². The third-order valence-corrected chi connectivity index (χ3v) is 12.5. The maximum Gasteiger partial charge on any atom is 0.346 e. The first kappa shape index (κ1) is 33.1. The van der Waals surface area contributed by atoms with Gasteiger partial charge in [-0.05, 0) is 49.9 Å². The quantitative estimate of drug-likeness (QED) is 0.216. The summed E-state index contributed by atoms with van der Waals surface area (Å²) in [5.74, 6) is -1.14. The van der Waals surface area contributed by atoms with Gasteiger partial charge in [0.05, 0.1) is 26.4 Å². The standard InChI is InChI=1S/C34H29ClF4N10O2S/c35-21-10-19-26(25(38)24(21)18-2-3-22(37)27-23(18)20(12-40)28(41)52-27)43-31(51-15-34-4-1-7-47(34)13-17(36)11-34)44-29(19)46-8-5-33(14-46)6-9-48(33)32(50)49-16-42-30(39)45-49/h2-3,10,16-17H,1,4-9,11,13-15,41H2/t17-,33-,34+/m1/s1. The molecule has 4 aliphatic heterocycles. The molecule has 7 heterocycles. The zero-order valence-electron chi connectivity index (χ0n) is 27.4. The number of thiophene rings is 1. The van der Waals surface area contributed by atoms with E-state index in [9.17, 15) is 23.2 Å². The Bertz CT molecular complexity index is 2370. The molecule has 2 N–H and O–H groups in total. The van der Waals surface area contributed by atoms with Gasteiger partial charge in [0.2, 0.25) is 0 Å². The van der Waals surface area contributed by atoms with Crippen LogP contribution in [0.4, 0.5) is 33.2 Å². The minimum absolute atomic E-state index is 0.0103. The molecule has 18 heteroatoms. The smallest absolute Gasteiger partial charge is 0.346 e. The number of anilines is 2. The first-order valence-electron chi connectivity index (χ1n) is 16.8. The summed E-state index contributed by atoms with van der Waals surface area (Å²) < 4.78 is 67.4. The van der Waals surface area contributed by atoms with Crippen LogP contribution in [0.2, 0.25) is 5.02 Å². The number of amides is 1. The molecule has 0 unspecified atom stereocenters. The van der Waals surface area contributed by atoms with Crippen LogP contribution in [0.15, 0.2) is 24.5 Å². The van der Waals surface area contributed by atoms with E-state index >= 15 is 4.39 Å². The van der Waals surface area contributed by atoms with E-state index in [0.29, 0.717) is 51.3 Å². The number of fused-ring (bicyclic) bond motifs is 3. The molecule has 4 aliphatic rings. The molecule has 3 aromatic heterocycles. The average molecular weight is 753 g/mol. The average Bonchev–Trinajstić information content (AvgIpc) is 3.93. The van der Waals surface area contributed by atoms with Gasteiger partial charge < -0.3 is 20.3 Å². The van der Waals surface area contributed by atoms with Crippen molar-refractivity contribution in [1.82, 2.24) is 34.5 Å². The van der Waals surface area contributed by atoms with Crippen LogP contribution in [0.3, 0.4) is 0 Å². The van der Waals surface area contributed by atoms with Crippen molar-refractivity contribution in [3.8, 4) is 23.2 Å². The van der Waals surface area contributed by atoms with Crippen molar-refractivity contribution >= 4 is 60.8 Å². The highest BCUT2D eigenvalue weighted by atomic mass is 35.5. The maximum absolute atomic E-state index is 17.1. The zero-order chi connectivity index (χ0) is 36.1. The lowest BCUT2D eigenvalue weighted by Gasteiger charge is -2.50. The number of hydrogen-bond acceptors (Lipinski definition) is 11. The third-order valence-electron chi connectivity index (χ3n) is 11.2. The number of nitrogens with two attached hydrogens (primary N) is 1. The normalized spacial score (nSPS) is 24.3. The SMILES string of the molecule is N#Cc1c(N)sc2c(F)ccc(-c3c(Cl)cc4c(N5CC[C@@]6(CCN6C(=O)n6cnc(F)n6)C5)nc(OC[C@@]56CCCN5C[C@H](F)C6)nc4c3F)c12. The van der Waals surface area contributed by atoms with Crippen LogP contribution in [-0.2, 0) is 0 Å². The molecule has 52 heavy (non-hydrogen) atoms. The summed E-state index contributed by atoms with van der Waals surface area (Å²) in [4.78, 5) is 31.6. The van der Waals surface area contributed by atoms with Gasteiger partial charge in [0.25, 0.3) is 0 Å². The molecule has 9 rings (SSSR count). The van der Waals surface area contributed by atoms with E-state index in [1.54, 1.807) is 4.90 Å². The Morgan fingerprint density at radius 3 is 2.75 bits per heavy atom. The number of likely N-dealkylation sites (tertiary alicyclic amines) is 1. The van der Waals surface area contributed by atoms with Gasteiger partial charge in [-0.15, -0.1) is 16.4 Å². The lowest BCUT2D eigenvalue weighted by atomic mass is 9.84. The Kier molecular flexibility index (Phi) is 7.55. The molecule has 12 nitrogen and oxygen atoms in total. The molecule has 3 atom stereocenters. The van der Waals surface area contributed by atoms with Crippen LogP contribution in [0.1, 0.15) is 37.7 Å².